The number of amides is 1. The first-order chi connectivity index (χ1) is 8.58. The molecule has 0 radical (unpaired) electrons. The van der Waals surface area contributed by atoms with Crippen molar-refractivity contribution in [1.29, 1.82) is 0 Å². The van der Waals surface area contributed by atoms with Crippen LogP contribution in [0.1, 0.15) is 33.1 Å². The van der Waals surface area contributed by atoms with Gasteiger partial charge in [-0.05, 0) is 26.3 Å². The van der Waals surface area contributed by atoms with Crippen molar-refractivity contribution in [2.75, 3.05) is 12.3 Å². The Labute approximate surface area is 117 Å². The Bertz CT molecular complexity index is 356. The molecule has 0 saturated carbocycles. The second kappa shape index (κ2) is 7.76. The number of nitrogens with zero attached hydrogens (tertiary/aromatic N) is 1. The zero-order valence-electron chi connectivity index (χ0n) is 10.9. The Hall–Kier alpha value is -0.590. The summed E-state index contributed by atoms with van der Waals surface area (Å²) in [4.78, 5) is 15.6. The Morgan fingerprint density at radius 1 is 1.61 bits per heavy atom. The molecular weight excluding hydrogens is 266 g/mol. The van der Waals surface area contributed by atoms with Gasteiger partial charge >= 0.3 is 0 Å². The summed E-state index contributed by atoms with van der Waals surface area (Å²) in [7, 11) is 0. The van der Waals surface area contributed by atoms with Gasteiger partial charge in [0.25, 0.3) is 0 Å². The molecule has 1 aromatic heterocycles. The summed E-state index contributed by atoms with van der Waals surface area (Å²) in [5, 5.41) is 5.16. The van der Waals surface area contributed by atoms with Crippen molar-refractivity contribution < 1.29 is 4.79 Å². The average Bonchev–Trinajstić information content (AvgIpc) is 2.81. The number of primary amides is 1. The van der Waals surface area contributed by atoms with E-state index < -0.39 is 5.54 Å². The van der Waals surface area contributed by atoms with E-state index >= 15 is 0 Å². The van der Waals surface area contributed by atoms with Gasteiger partial charge in [-0.15, -0.1) is 11.3 Å². The number of nitrogens with one attached hydrogen (secondary N) is 1. The Morgan fingerprint density at radius 3 is 2.94 bits per heavy atom. The highest BCUT2D eigenvalue weighted by molar-refractivity contribution is 8.00. The summed E-state index contributed by atoms with van der Waals surface area (Å²) < 4.78 is 1.11. The molecule has 0 aliphatic rings. The molecule has 0 saturated heterocycles. The fourth-order valence-corrected chi connectivity index (χ4v) is 3.42. The number of rotatable bonds is 9. The second-order valence-electron chi connectivity index (χ2n) is 4.33. The monoisotopic (exact) mass is 287 g/mol. The molecule has 1 rings (SSSR count). The molecule has 1 heterocycles. The fourth-order valence-electron chi connectivity index (χ4n) is 1.71. The molecule has 0 bridgehead atoms. The lowest BCUT2D eigenvalue weighted by molar-refractivity contribution is -0.124. The highest BCUT2D eigenvalue weighted by Crippen LogP contribution is 2.22. The van der Waals surface area contributed by atoms with E-state index in [0.717, 1.165) is 35.9 Å². The van der Waals surface area contributed by atoms with Crippen LogP contribution in [0, 0.1) is 0 Å². The molecular formula is C12H21N3OS2. The molecule has 3 N–H and O–H groups in total. The molecule has 0 spiro atoms. The van der Waals surface area contributed by atoms with E-state index in [1.54, 1.807) is 23.1 Å². The second-order valence-corrected chi connectivity index (χ2v) is 6.57. The molecule has 1 atom stereocenters. The predicted molar refractivity (Wildman–Crippen MR) is 78.0 cm³/mol. The molecule has 6 heteroatoms. The number of unbranched alkanes of at least 4 members (excludes halogenated alkanes) is 1. The molecule has 0 fully saturated rings. The highest BCUT2D eigenvalue weighted by Gasteiger charge is 2.28. The topological polar surface area (TPSA) is 68.0 Å². The number of thiazole rings is 1. The number of aromatic nitrogens is 1. The van der Waals surface area contributed by atoms with Gasteiger partial charge in [0.05, 0.1) is 5.54 Å². The predicted octanol–water partition coefficient (Wildman–Crippen LogP) is 2.26. The van der Waals surface area contributed by atoms with Gasteiger partial charge in [0, 0.05) is 17.3 Å². The third kappa shape index (κ3) is 4.96. The average molecular weight is 287 g/mol. The van der Waals surface area contributed by atoms with Gasteiger partial charge in [0.15, 0.2) is 0 Å². The van der Waals surface area contributed by atoms with E-state index in [9.17, 15) is 4.79 Å². The smallest absolute Gasteiger partial charge is 0.237 e. The number of thioether (sulfide) groups is 1. The van der Waals surface area contributed by atoms with E-state index in [1.807, 2.05) is 25.4 Å². The first-order valence-electron chi connectivity index (χ1n) is 6.15. The lowest BCUT2D eigenvalue weighted by Gasteiger charge is -2.26. The molecule has 18 heavy (non-hydrogen) atoms. The Kier molecular flexibility index (Phi) is 6.67. The zero-order valence-corrected chi connectivity index (χ0v) is 12.6. The number of likely N-dealkylation sites (N-methyl/N-ethyl adjacent to an activating group) is 1. The van der Waals surface area contributed by atoms with E-state index in [-0.39, 0.29) is 5.91 Å². The summed E-state index contributed by atoms with van der Waals surface area (Å²) >= 11 is 3.44. The van der Waals surface area contributed by atoms with Crippen LogP contribution in [0.25, 0.3) is 0 Å². The lowest BCUT2D eigenvalue weighted by Crippen LogP contribution is -2.52. The largest absolute Gasteiger partial charge is 0.368 e. The van der Waals surface area contributed by atoms with Crippen molar-refractivity contribution in [3.63, 3.8) is 0 Å². The van der Waals surface area contributed by atoms with Crippen LogP contribution in [0.15, 0.2) is 15.9 Å². The van der Waals surface area contributed by atoms with Crippen molar-refractivity contribution >= 4 is 29.0 Å². The summed E-state index contributed by atoms with van der Waals surface area (Å²) in [5.41, 5.74) is 4.87. The van der Waals surface area contributed by atoms with Gasteiger partial charge in [0.1, 0.15) is 4.34 Å². The summed E-state index contributed by atoms with van der Waals surface area (Å²) in [6.07, 6.45) is 4.67. The first-order valence-corrected chi connectivity index (χ1v) is 8.02. The number of nitrogens with two attached hydrogens (primary N) is 1. The van der Waals surface area contributed by atoms with E-state index in [1.165, 1.54) is 0 Å². The van der Waals surface area contributed by atoms with Crippen LogP contribution in [0.3, 0.4) is 0 Å². The maximum absolute atomic E-state index is 11.4. The van der Waals surface area contributed by atoms with Gasteiger partial charge in [-0.1, -0.05) is 25.1 Å². The van der Waals surface area contributed by atoms with E-state index in [2.05, 4.69) is 10.3 Å². The summed E-state index contributed by atoms with van der Waals surface area (Å²) in [6, 6.07) is 0. The fraction of sp³-hybridized carbons (Fsp3) is 0.667. The van der Waals surface area contributed by atoms with E-state index in [4.69, 9.17) is 5.73 Å². The van der Waals surface area contributed by atoms with Crippen LogP contribution < -0.4 is 11.1 Å². The van der Waals surface area contributed by atoms with Crippen LogP contribution in [0.4, 0.5) is 0 Å². The van der Waals surface area contributed by atoms with Gasteiger partial charge in [-0.2, -0.15) is 0 Å². The van der Waals surface area contributed by atoms with Gasteiger partial charge < -0.3 is 11.1 Å². The molecule has 0 aliphatic heterocycles. The van der Waals surface area contributed by atoms with Gasteiger partial charge in [-0.3, -0.25) is 4.79 Å². The van der Waals surface area contributed by atoms with Crippen LogP contribution in [-0.2, 0) is 4.79 Å². The van der Waals surface area contributed by atoms with Crippen LogP contribution in [0.5, 0.6) is 0 Å². The van der Waals surface area contributed by atoms with Crippen molar-refractivity contribution in [3.8, 4) is 0 Å². The van der Waals surface area contributed by atoms with Crippen molar-refractivity contribution in [2.45, 2.75) is 43.0 Å². The normalized spacial score (nSPS) is 14.3. The molecule has 4 nitrogen and oxygen atoms in total. The lowest BCUT2D eigenvalue weighted by atomic mass is 9.94. The highest BCUT2D eigenvalue weighted by atomic mass is 32.2. The van der Waals surface area contributed by atoms with E-state index in [0.29, 0.717) is 0 Å². The maximum Gasteiger partial charge on any atom is 0.237 e. The van der Waals surface area contributed by atoms with Crippen LogP contribution >= 0.6 is 23.1 Å². The van der Waals surface area contributed by atoms with Crippen molar-refractivity contribution in [1.82, 2.24) is 10.3 Å². The Balaban J connectivity index is 2.21. The minimum atomic E-state index is -0.569. The van der Waals surface area contributed by atoms with Crippen molar-refractivity contribution in [2.24, 2.45) is 5.73 Å². The zero-order chi connectivity index (χ0) is 13.4. The number of hydrogen-bond acceptors (Lipinski definition) is 5. The number of carbonyl (C=O) groups is 1. The third-order valence-electron chi connectivity index (χ3n) is 2.82. The standard InChI is InChI=1S/C12H21N3OS2/c1-3-15-12(2,10(13)16)6-4-5-8-17-11-14-7-9-18-11/h7,9,15H,3-6,8H2,1-2H3,(H2,13,16). The SMILES string of the molecule is CCNC(C)(CCCCSc1nccs1)C(N)=O. The third-order valence-corrected chi connectivity index (χ3v) is 4.87. The molecule has 102 valence electrons. The molecule has 1 aromatic rings. The molecule has 1 amide bonds. The minimum absolute atomic E-state index is 0.267. The summed E-state index contributed by atoms with van der Waals surface area (Å²) in [6.45, 7) is 4.62. The van der Waals surface area contributed by atoms with Gasteiger partial charge in [-0.25, -0.2) is 4.98 Å². The Morgan fingerprint density at radius 2 is 2.39 bits per heavy atom. The number of hydrogen-bond donors (Lipinski definition) is 2. The number of carbonyl (C=O) groups excluding carboxylic acids is 1. The summed E-state index contributed by atoms with van der Waals surface area (Å²) in [5.74, 6) is 0.769. The van der Waals surface area contributed by atoms with Crippen molar-refractivity contribution in [3.05, 3.63) is 11.6 Å². The molecule has 1 unspecified atom stereocenters. The maximum atomic E-state index is 11.4. The van der Waals surface area contributed by atoms with Crippen LogP contribution in [-0.4, -0.2) is 28.7 Å². The van der Waals surface area contributed by atoms with Gasteiger partial charge in [0.2, 0.25) is 5.91 Å². The minimum Gasteiger partial charge on any atom is -0.368 e. The first kappa shape index (κ1) is 15.5. The quantitative estimate of drug-likeness (QED) is 0.540. The molecule has 0 aromatic carbocycles. The van der Waals surface area contributed by atoms with Crippen LogP contribution in [0.2, 0.25) is 0 Å². The molecule has 0 aliphatic carbocycles.